The van der Waals surface area contributed by atoms with E-state index in [2.05, 4.69) is 11.8 Å². The number of aryl methyl sites for hydroxylation is 1. The molecule has 1 aliphatic heterocycles. The highest BCUT2D eigenvalue weighted by molar-refractivity contribution is 5.90. The van der Waals surface area contributed by atoms with Gasteiger partial charge in [0.2, 0.25) is 0 Å². The van der Waals surface area contributed by atoms with Gasteiger partial charge in [0.05, 0.1) is 19.8 Å². The molecule has 5 nitrogen and oxygen atoms in total. The Morgan fingerprint density at radius 2 is 2.37 bits per heavy atom. The van der Waals surface area contributed by atoms with E-state index in [1.807, 2.05) is 0 Å². The Balaban J connectivity index is 2.02. The molecule has 0 aromatic carbocycles. The Hall–Kier alpha value is -1.33. The molecule has 1 aromatic heterocycles. The van der Waals surface area contributed by atoms with Crippen LogP contribution in [0, 0.1) is 12.8 Å². The van der Waals surface area contributed by atoms with Gasteiger partial charge in [0.25, 0.3) is 0 Å². The highest BCUT2D eigenvalue weighted by Gasteiger charge is 2.25. The number of hydrogen-bond donors (Lipinski definition) is 1. The number of likely N-dealkylation sites (tertiary alicyclic amines) is 1. The van der Waals surface area contributed by atoms with Crippen LogP contribution in [0.2, 0.25) is 0 Å². The molecule has 2 heterocycles. The number of methoxy groups -OCH3 is 1. The molecule has 1 aliphatic rings. The predicted molar refractivity (Wildman–Crippen MR) is 69.8 cm³/mol. The molecule has 0 saturated carbocycles. The van der Waals surface area contributed by atoms with Crippen LogP contribution >= 0.6 is 0 Å². The number of piperidine rings is 1. The number of hydrogen-bond acceptors (Lipinski definition) is 5. The zero-order valence-corrected chi connectivity index (χ0v) is 11.7. The Bertz CT molecular complexity index is 454. The maximum Gasteiger partial charge on any atom is 0.341 e. The second kappa shape index (κ2) is 5.75. The van der Waals surface area contributed by atoms with Crippen LogP contribution in [0.1, 0.15) is 35.2 Å². The number of nitrogens with zero attached hydrogens (tertiary/aromatic N) is 1. The summed E-state index contributed by atoms with van der Waals surface area (Å²) in [4.78, 5) is 13.6. The lowest BCUT2D eigenvalue weighted by Gasteiger charge is -2.33. The van der Waals surface area contributed by atoms with Crippen molar-refractivity contribution in [1.82, 2.24) is 4.90 Å². The van der Waals surface area contributed by atoms with Gasteiger partial charge in [-0.05, 0) is 31.9 Å². The monoisotopic (exact) mass is 267 g/mol. The summed E-state index contributed by atoms with van der Waals surface area (Å²) in [6.07, 6.45) is 0.690. The van der Waals surface area contributed by atoms with Crippen molar-refractivity contribution in [3.05, 3.63) is 23.2 Å². The first-order chi connectivity index (χ1) is 9.01. The van der Waals surface area contributed by atoms with Crippen molar-refractivity contribution < 1.29 is 19.1 Å². The minimum atomic E-state index is -0.375. The molecule has 0 bridgehead atoms. The molecule has 0 radical (unpaired) electrons. The summed E-state index contributed by atoms with van der Waals surface area (Å²) in [5, 5.41) is 9.87. The van der Waals surface area contributed by atoms with Crippen molar-refractivity contribution in [3.8, 4) is 0 Å². The quantitative estimate of drug-likeness (QED) is 0.842. The number of ether oxygens (including phenoxy) is 1. The third kappa shape index (κ3) is 3.16. The number of rotatable bonds is 3. The summed E-state index contributed by atoms with van der Waals surface area (Å²) in [5.41, 5.74) is 0.475. The lowest BCUT2D eigenvalue weighted by atomic mass is 9.96. The molecular weight excluding hydrogens is 246 g/mol. The Morgan fingerprint density at radius 1 is 1.63 bits per heavy atom. The second-order valence-corrected chi connectivity index (χ2v) is 5.24. The maximum atomic E-state index is 11.5. The van der Waals surface area contributed by atoms with E-state index in [0.717, 1.165) is 18.7 Å². The molecule has 106 valence electrons. The third-order valence-electron chi connectivity index (χ3n) is 3.76. The van der Waals surface area contributed by atoms with Crippen LogP contribution in [0.4, 0.5) is 0 Å². The Kier molecular flexibility index (Phi) is 4.27. The lowest BCUT2D eigenvalue weighted by molar-refractivity contribution is 0.0233. The van der Waals surface area contributed by atoms with Crippen molar-refractivity contribution in [3.63, 3.8) is 0 Å². The van der Waals surface area contributed by atoms with Crippen LogP contribution in [0.25, 0.3) is 0 Å². The highest BCUT2D eigenvalue weighted by Crippen LogP contribution is 2.21. The van der Waals surface area contributed by atoms with E-state index in [-0.39, 0.29) is 12.1 Å². The average molecular weight is 267 g/mol. The number of esters is 1. The van der Waals surface area contributed by atoms with Crippen LogP contribution in [0.15, 0.2) is 10.5 Å². The fourth-order valence-electron chi connectivity index (χ4n) is 2.41. The second-order valence-electron chi connectivity index (χ2n) is 5.24. The predicted octanol–water partition coefficient (Wildman–Crippen LogP) is 1.58. The molecule has 0 amide bonds. The van der Waals surface area contributed by atoms with E-state index in [0.29, 0.717) is 30.3 Å². The molecular formula is C14H21NO4. The third-order valence-corrected chi connectivity index (χ3v) is 3.76. The summed E-state index contributed by atoms with van der Waals surface area (Å²) >= 11 is 0. The van der Waals surface area contributed by atoms with Crippen molar-refractivity contribution in [1.29, 1.82) is 0 Å². The van der Waals surface area contributed by atoms with Crippen LogP contribution < -0.4 is 0 Å². The lowest BCUT2D eigenvalue weighted by Crippen LogP contribution is -2.42. The first-order valence-electron chi connectivity index (χ1n) is 6.59. The summed E-state index contributed by atoms with van der Waals surface area (Å²) in [7, 11) is 1.36. The summed E-state index contributed by atoms with van der Waals surface area (Å²) in [6.45, 7) is 6.01. The van der Waals surface area contributed by atoms with E-state index in [4.69, 9.17) is 9.15 Å². The van der Waals surface area contributed by atoms with Gasteiger partial charge in [-0.15, -0.1) is 0 Å². The van der Waals surface area contributed by atoms with E-state index >= 15 is 0 Å². The minimum absolute atomic E-state index is 0.287. The zero-order valence-electron chi connectivity index (χ0n) is 11.7. The number of carbonyl (C=O) groups is 1. The number of β-amino-alcohol motifs (C(OH)–C–C–N with tert-alkyl or cyclic N) is 1. The first kappa shape index (κ1) is 14.1. The first-order valence-corrected chi connectivity index (χ1v) is 6.59. The van der Waals surface area contributed by atoms with E-state index < -0.39 is 0 Å². The Morgan fingerprint density at radius 3 is 3.00 bits per heavy atom. The van der Waals surface area contributed by atoms with E-state index in [1.165, 1.54) is 7.11 Å². The van der Waals surface area contributed by atoms with Crippen LogP contribution in [-0.2, 0) is 11.3 Å². The largest absolute Gasteiger partial charge is 0.465 e. The van der Waals surface area contributed by atoms with Gasteiger partial charge in [0.15, 0.2) is 0 Å². The van der Waals surface area contributed by atoms with E-state index in [1.54, 1.807) is 13.0 Å². The van der Waals surface area contributed by atoms with Gasteiger partial charge in [-0.2, -0.15) is 0 Å². The topological polar surface area (TPSA) is 62.9 Å². The minimum Gasteiger partial charge on any atom is -0.465 e. The van der Waals surface area contributed by atoms with Crippen molar-refractivity contribution >= 4 is 5.97 Å². The standard InChI is InChI=1S/C14H21NO4/c1-9-4-5-15(8-13(9)16)7-11-6-12(10(2)19-11)14(17)18-3/h6,9,13,16H,4-5,7-8H2,1-3H3. The van der Waals surface area contributed by atoms with Crippen LogP contribution in [-0.4, -0.2) is 42.3 Å². The smallest absolute Gasteiger partial charge is 0.341 e. The molecule has 2 atom stereocenters. The average Bonchev–Trinajstić information content (AvgIpc) is 2.74. The molecule has 0 aliphatic carbocycles. The Labute approximate surface area is 113 Å². The normalized spacial score (nSPS) is 24.4. The van der Waals surface area contributed by atoms with Crippen molar-refractivity contribution in [2.45, 2.75) is 32.9 Å². The van der Waals surface area contributed by atoms with Gasteiger partial charge in [0.1, 0.15) is 17.1 Å². The fourth-order valence-corrected chi connectivity index (χ4v) is 2.41. The molecule has 1 N–H and O–H groups in total. The molecule has 1 saturated heterocycles. The number of carbonyl (C=O) groups excluding carboxylic acids is 1. The van der Waals surface area contributed by atoms with Gasteiger partial charge in [-0.3, -0.25) is 4.90 Å². The molecule has 19 heavy (non-hydrogen) atoms. The van der Waals surface area contributed by atoms with Crippen molar-refractivity contribution in [2.24, 2.45) is 5.92 Å². The SMILES string of the molecule is COC(=O)c1cc(CN2CCC(C)C(O)C2)oc1C. The fraction of sp³-hybridized carbons (Fsp3) is 0.643. The van der Waals surface area contributed by atoms with Gasteiger partial charge in [0, 0.05) is 6.54 Å². The number of aliphatic hydroxyl groups excluding tert-OH is 1. The van der Waals surface area contributed by atoms with Gasteiger partial charge in [-0.25, -0.2) is 4.79 Å². The molecule has 5 heteroatoms. The molecule has 1 fully saturated rings. The van der Waals surface area contributed by atoms with Crippen LogP contribution in [0.5, 0.6) is 0 Å². The number of furan rings is 1. The van der Waals surface area contributed by atoms with Crippen molar-refractivity contribution in [2.75, 3.05) is 20.2 Å². The van der Waals surface area contributed by atoms with Gasteiger partial charge < -0.3 is 14.3 Å². The summed E-state index contributed by atoms with van der Waals surface area (Å²) < 4.78 is 10.3. The molecule has 0 spiro atoms. The summed E-state index contributed by atoms with van der Waals surface area (Å²) in [6, 6.07) is 1.73. The summed E-state index contributed by atoms with van der Waals surface area (Å²) in [5.74, 6) is 1.28. The van der Waals surface area contributed by atoms with Gasteiger partial charge in [-0.1, -0.05) is 6.92 Å². The molecule has 2 rings (SSSR count). The number of aliphatic hydroxyl groups is 1. The van der Waals surface area contributed by atoms with Gasteiger partial charge >= 0.3 is 5.97 Å². The van der Waals surface area contributed by atoms with E-state index in [9.17, 15) is 9.90 Å². The molecule has 2 unspecified atom stereocenters. The zero-order chi connectivity index (χ0) is 14.0. The maximum absolute atomic E-state index is 11.5. The van der Waals surface area contributed by atoms with Crippen LogP contribution in [0.3, 0.4) is 0 Å². The highest BCUT2D eigenvalue weighted by atomic mass is 16.5. The molecule has 1 aromatic rings.